The van der Waals surface area contributed by atoms with Crippen molar-refractivity contribution < 1.29 is 9.53 Å². The lowest BCUT2D eigenvalue weighted by Gasteiger charge is -2.30. The van der Waals surface area contributed by atoms with Gasteiger partial charge in [-0.3, -0.25) is 9.48 Å². The average Bonchev–Trinajstić information content (AvgIpc) is 3.37. The summed E-state index contributed by atoms with van der Waals surface area (Å²) in [6, 6.07) is 17.7. The predicted molar refractivity (Wildman–Crippen MR) is 130 cm³/mol. The lowest BCUT2D eigenvalue weighted by molar-refractivity contribution is 0.103. The third-order valence-corrected chi connectivity index (χ3v) is 6.95. The first-order chi connectivity index (χ1) is 15.6. The van der Waals surface area contributed by atoms with E-state index >= 15 is 0 Å². The number of halogens is 1. The number of ether oxygens (including phenoxy) is 1. The summed E-state index contributed by atoms with van der Waals surface area (Å²) in [4.78, 5) is 17.0. The van der Waals surface area contributed by atoms with E-state index in [1.54, 1.807) is 6.07 Å². The second-order valence-electron chi connectivity index (χ2n) is 7.77. The number of rotatable bonds is 5. The van der Waals surface area contributed by atoms with Crippen molar-refractivity contribution in [1.29, 1.82) is 0 Å². The van der Waals surface area contributed by atoms with Crippen LogP contribution in [0.15, 0.2) is 54.6 Å². The molecule has 1 aliphatic rings. The minimum atomic E-state index is -0.145. The molecule has 0 radical (unpaired) electrons. The first-order valence-corrected chi connectivity index (χ1v) is 11.7. The van der Waals surface area contributed by atoms with Gasteiger partial charge in [-0.15, -0.1) is 11.3 Å². The number of fused-ring (bicyclic) bond motifs is 1. The number of aryl methyl sites for hydroxylation is 1. The fourth-order valence-electron chi connectivity index (χ4n) is 3.96. The molecular formula is C24H23ClN4O2S. The quantitative estimate of drug-likeness (QED) is 0.439. The van der Waals surface area contributed by atoms with E-state index in [0.717, 1.165) is 34.7 Å². The maximum Gasteiger partial charge on any atom is 0.265 e. The predicted octanol–water partition coefficient (Wildman–Crippen LogP) is 5.20. The number of aromatic nitrogens is 2. The second kappa shape index (κ2) is 8.94. The number of hydrogen-bond donors (Lipinski definition) is 1. The Morgan fingerprint density at radius 3 is 2.72 bits per heavy atom. The molecule has 4 aromatic rings. The topological polar surface area (TPSA) is 59.4 Å². The average molecular weight is 467 g/mol. The summed E-state index contributed by atoms with van der Waals surface area (Å²) in [5.74, 6) is -0.145. The third kappa shape index (κ3) is 4.24. The highest BCUT2D eigenvalue weighted by Crippen LogP contribution is 2.33. The summed E-state index contributed by atoms with van der Waals surface area (Å²) >= 11 is 7.71. The highest BCUT2D eigenvalue weighted by molar-refractivity contribution is 7.20. The van der Waals surface area contributed by atoms with Crippen LogP contribution in [0.25, 0.3) is 10.2 Å². The van der Waals surface area contributed by atoms with Crippen LogP contribution < -0.4 is 10.2 Å². The van der Waals surface area contributed by atoms with Gasteiger partial charge in [0.05, 0.1) is 41.7 Å². The van der Waals surface area contributed by atoms with Crippen LogP contribution >= 0.6 is 22.9 Å². The Morgan fingerprint density at radius 2 is 1.94 bits per heavy atom. The van der Waals surface area contributed by atoms with Gasteiger partial charge in [0.2, 0.25) is 0 Å². The Labute approximate surface area is 195 Å². The molecule has 1 amide bonds. The standard InChI is InChI=1S/C24H23ClN4O2S/c1-16-19-14-22(32-24(19)29(27-16)15-17-5-3-2-4-6-17)23(30)26-20-13-18(25)7-8-21(20)28-9-11-31-12-10-28/h2-8,13-14H,9-12,15H2,1H3,(H,26,30). The van der Waals surface area contributed by atoms with Crippen molar-refractivity contribution in [3.8, 4) is 0 Å². The van der Waals surface area contributed by atoms with E-state index in [1.807, 2.05) is 48.0 Å². The van der Waals surface area contributed by atoms with Crippen LogP contribution in [0.2, 0.25) is 5.02 Å². The van der Waals surface area contributed by atoms with Gasteiger partial charge in [0.1, 0.15) is 4.83 Å². The smallest absolute Gasteiger partial charge is 0.265 e. The molecule has 0 spiro atoms. The Morgan fingerprint density at radius 1 is 1.16 bits per heavy atom. The number of morpholine rings is 1. The Balaban J connectivity index is 1.42. The number of anilines is 2. The molecule has 1 fully saturated rings. The Bertz CT molecular complexity index is 1260. The molecule has 0 unspecified atom stereocenters. The van der Waals surface area contributed by atoms with Gasteiger partial charge in [-0.2, -0.15) is 5.10 Å². The zero-order chi connectivity index (χ0) is 22.1. The van der Waals surface area contributed by atoms with Gasteiger partial charge in [0.25, 0.3) is 5.91 Å². The van der Waals surface area contributed by atoms with E-state index in [1.165, 1.54) is 16.9 Å². The van der Waals surface area contributed by atoms with Gasteiger partial charge < -0.3 is 15.0 Å². The van der Waals surface area contributed by atoms with Crippen LogP contribution in [0.1, 0.15) is 20.9 Å². The van der Waals surface area contributed by atoms with Gasteiger partial charge in [-0.05, 0) is 36.8 Å². The van der Waals surface area contributed by atoms with Gasteiger partial charge in [-0.1, -0.05) is 41.9 Å². The third-order valence-electron chi connectivity index (χ3n) is 5.56. The molecule has 8 heteroatoms. The number of carbonyl (C=O) groups excluding carboxylic acids is 1. The summed E-state index contributed by atoms with van der Waals surface area (Å²) in [5, 5.41) is 9.35. The maximum atomic E-state index is 13.2. The largest absolute Gasteiger partial charge is 0.378 e. The fraction of sp³-hybridized carbons (Fsp3) is 0.250. The van der Waals surface area contributed by atoms with Gasteiger partial charge >= 0.3 is 0 Å². The molecule has 1 aliphatic heterocycles. The van der Waals surface area contributed by atoms with Crippen molar-refractivity contribution in [3.63, 3.8) is 0 Å². The van der Waals surface area contributed by atoms with Crippen molar-refractivity contribution in [3.05, 3.63) is 75.8 Å². The van der Waals surface area contributed by atoms with Gasteiger partial charge in [0.15, 0.2) is 0 Å². The molecule has 2 aromatic carbocycles. The molecule has 1 N–H and O–H groups in total. The molecule has 164 valence electrons. The first-order valence-electron chi connectivity index (χ1n) is 10.5. The van der Waals surface area contributed by atoms with E-state index < -0.39 is 0 Å². The number of thiophene rings is 1. The van der Waals surface area contributed by atoms with Gasteiger partial charge in [-0.25, -0.2) is 0 Å². The number of nitrogens with zero attached hydrogens (tertiary/aromatic N) is 3. The highest BCUT2D eigenvalue weighted by Gasteiger charge is 2.20. The molecule has 6 nitrogen and oxygen atoms in total. The first kappa shape index (κ1) is 21.0. The van der Waals surface area contributed by atoms with Gasteiger partial charge in [0, 0.05) is 23.5 Å². The normalized spacial score (nSPS) is 14.1. The minimum Gasteiger partial charge on any atom is -0.378 e. The highest BCUT2D eigenvalue weighted by atomic mass is 35.5. The Hall–Kier alpha value is -2.87. The van der Waals surface area contributed by atoms with E-state index in [2.05, 4.69) is 27.4 Å². The molecule has 2 aromatic heterocycles. The van der Waals surface area contributed by atoms with Crippen LogP contribution in [0.3, 0.4) is 0 Å². The molecule has 0 atom stereocenters. The fourth-order valence-corrected chi connectivity index (χ4v) is 5.19. The van der Waals surface area contributed by atoms with Crippen LogP contribution in [0.5, 0.6) is 0 Å². The summed E-state index contributed by atoms with van der Waals surface area (Å²) in [6.45, 7) is 5.55. The summed E-state index contributed by atoms with van der Waals surface area (Å²) < 4.78 is 7.44. The molecule has 0 aliphatic carbocycles. The molecule has 5 rings (SSSR count). The summed E-state index contributed by atoms with van der Waals surface area (Å²) in [7, 11) is 0. The van der Waals surface area contributed by atoms with Crippen LogP contribution in [-0.2, 0) is 11.3 Å². The Kier molecular flexibility index (Phi) is 5.87. The van der Waals surface area contributed by atoms with Crippen molar-refractivity contribution >= 4 is 50.4 Å². The molecule has 32 heavy (non-hydrogen) atoms. The number of benzene rings is 2. The number of hydrogen-bond acceptors (Lipinski definition) is 5. The summed E-state index contributed by atoms with van der Waals surface area (Å²) in [6.07, 6.45) is 0. The second-order valence-corrected chi connectivity index (χ2v) is 9.24. The molecular weight excluding hydrogens is 444 g/mol. The van der Waals surface area contributed by atoms with Crippen molar-refractivity contribution in [2.45, 2.75) is 13.5 Å². The van der Waals surface area contributed by atoms with Crippen LogP contribution in [0.4, 0.5) is 11.4 Å². The minimum absolute atomic E-state index is 0.145. The van der Waals surface area contributed by atoms with Crippen molar-refractivity contribution in [2.24, 2.45) is 0 Å². The number of amides is 1. The molecule has 0 saturated carbocycles. The van der Waals surface area contributed by atoms with E-state index in [-0.39, 0.29) is 5.91 Å². The SMILES string of the molecule is Cc1nn(Cc2ccccc2)c2sc(C(=O)Nc3cc(Cl)ccc3N3CCOCC3)cc12. The van der Waals surface area contributed by atoms with Crippen LogP contribution in [-0.4, -0.2) is 42.0 Å². The van der Waals surface area contributed by atoms with E-state index in [0.29, 0.717) is 35.3 Å². The van der Waals surface area contributed by atoms with Crippen molar-refractivity contribution in [1.82, 2.24) is 9.78 Å². The van der Waals surface area contributed by atoms with E-state index in [4.69, 9.17) is 16.3 Å². The number of carbonyl (C=O) groups is 1. The van der Waals surface area contributed by atoms with E-state index in [9.17, 15) is 4.79 Å². The lowest BCUT2D eigenvalue weighted by Crippen LogP contribution is -2.36. The zero-order valence-corrected chi connectivity index (χ0v) is 19.2. The molecule has 0 bridgehead atoms. The zero-order valence-electron chi connectivity index (χ0n) is 17.7. The maximum absolute atomic E-state index is 13.2. The summed E-state index contributed by atoms with van der Waals surface area (Å²) in [5.41, 5.74) is 3.76. The lowest BCUT2D eigenvalue weighted by atomic mass is 10.2. The monoisotopic (exact) mass is 466 g/mol. The molecule has 3 heterocycles. The number of nitrogens with one attached hydrogen (secondary N) is 1. The molecule has 1 saturated heterocycles. The van der Waals surface area contributed by atoms with Crippen molar-refractivity contribution in [2.75, 3.05) is 36.5 Å². The van der Waals surface area contributed by atoms with Crippen LogP contribution in [0, 0.1) is 6.92 Å².